The highest BCUT2D eigenvalue weighted by atomic mass is 35.5. The molecule has 1 amide bonds. The van der Waals surface area contributed by atoms with E-state index in [-0.39, 0.29) is 11.9 Å². The molecule has 1 aliphatic heterocycles. The van der Waals surface area contributed by atoms with E-state index in [0.29, 0.717) is 16.5 Å². The van der Waals surface area contributed by atoms with Gasteiger partial charge in [0, 0.05) is 11.1 Å². The Bertz CT molecular complexity index is 787. The molecule has 3 rings (SSSR count). The van der Waals surface area contributed by atoms with Crippen LogP contribution >= 0.6 is 11.6 Å². The van der Waals surface area contributed by atoms with E-state index in [9.17, 15) is 4.79 Å². The van der Waals surface area contributed by atoms with E-state index >= 15 is 0 Å². The predicted octanol–water partition coefficient (Wildman–Crippen LogP) is -0.0444. The van der Waals surface area contributed by atoms with Crippen LogP contribution in [0.2, 0.25) is 5.02 Å². The molecule has 27 heavy (non-hydrogen) atoms. The number of amides is 1. The van der Waals surface area contributed by atoms with Crippen molar-refractivity contribution in [2.75, 3.05) is 38.6 Å². The molecule has 0 spiro atoms. The van der Waals surface area contributed by atoms with Crippen LogP contribution in [0.1, 0.15) is 18.4 Å². The number of methoxy groups -OCH3 is 1. The number of rotatable bonds is 6. The molecule has 7 nitrogen and oxygen atoms in total. The number of quaternary nitrogens is 2. The number of nitrogens with one attached hydrogen (secondary N) is 3. The van der Waals surface area contributed by atoms with Crippen molar-refractivity contribution < 1.29 is 23.9 Å². The van der Waals surface area contributed by atoms with Crippen LogP contribution in [-0.4, -0.2) is 50.4 Å². The largest absolute Gasteiger partial charge is 0.495 e. The first-order valence-corrected chi connectivity index (χ1v) is 9.59. The Morgan fingerprint density at radius 3 is 2.70 bits per heavy atom. The number of piperazine rings is 1. The molecule has 2 aromatic rings. The summed E-state index contributed by atoms with van der Waals surface area (Å²) in [5.74, 6) is 1.42. The molecule has 0 radical (unpaired) electrons. The lowest BCUT2D eigenvalue weighted by molar-refractivity contribution is -1.02. The van der Waals surface area contributed by atoms with E-state index in [1.165, 1.54) is 9.80 Å². The molecule has 0 unspecified atom stereocenters. The molecule has 8 heteroatoms. The van der Waals surface area contributed by atoms with Crippen LogP contribution in [0.3, 0.4) is 0 Å². The normalized spacial score (nSPS) is 20.9. The molecule has 1 saturated heterocycles. The van der Waals surface area contributed by atoms with Crippen LogP contribution in [0, 0.1) is 6.92 Å². The number of hydrogen-bond acceptors (Lipinski definition) is 4. The smallest absolute Gasteiger partial charge is 0.282 e. The first-order chi connectivity index (χ1) is 13.0. The maximum absolute atomic E-state index is 12.7. The fourth-order valence-electron chi connectivity index (χ4n) is 3.50. The van der Waals surface area contributed by atoms with E-state index < -0.39 is 0 Å². The number of anilines is 1. The lowest BCUT2D eigenvalue weighted by Crippen LogP contribution is -3.29. The number of aromatic nitrogens is 1. The number of benzene rings is 1. The van der Waals surface area contributed by atoms with Crippen LogP contribution in [0.25, 0.3) is 0 Å². The second-order valence-corrected chi connectivity index (χ2v) is 7.51. The van der Waals surface area contributed by atoms with Gasteiger partial charge in [0.1, 0.15) is 49.9 Å². The first kappa shape index (κ1) is 19.7. The Morgan fingerprint density at radius 1 is 1.33 bits per heavy atom. The average Bonchev–Trinajstić information content (AvgIpc) is 3.06. The van der Waals surface area contributed by atoms with Gasteiger partial charge < -0.3 is 24.4 Å². The predicted molar refractivity (Wildman–Crippen MR) is 102 cm³/mol. The molecule has 3 N–H and O–H groups in total. The van der Waals surface area contributed by atoms with E-state index in [1.54, 1.807) is 25.3 Å². The van der Waals surface area contributed by atoms with Crippen molar-refractivity contribution in [1.29, 1.82) is 0 Å². The highest BCUT2D eigenvalue weighted by Gasteiger charge is 2.31. The van der Waals surface area contributed by atoms with Gasteiger partial charge in [0.15, 0.2) is 6.04 Å². The van der Waals surface area contributed by atoms with Crippen molar-refractivity contribution >= 4 is 23.2 Å². The SMILES string of the molecule is COc1ccc(Cl)cc1NC(=O)[C@@H](C)[NH+]1CC[NH+](Cc2cc(C)on2)CC1. The number of halogens is 1. The van der Waals surface area contributed by atoms with Gasteiger partial charge in [-0.1, -0.05) is 16.8 Å². The van der Waals surface area contributed by atoms with Crippen molar-refractivity contribution in [1.82, 2.24) is 5.16 Å². The van der Waals surface area contributed by atoms with Gasteiger partial charge in [-0.25, -0.2) is 0 Å². The summed E-state index contributed by atoms with van der Waals surface area (Å²) >= 11 is 6.04. The zero-order chi connectivity index (χ0) is 19.4. The second-order valence-electron chi connectivity index (χ2n) is 7.07. The minimum atomic E-state index is -0.149. The van der Waals surface area contributed by atoms with Crippen LogP contribution < -0.4 is 19.9 Å². The van der Waals surface area contributed by atoms with Crippen LogP contribution in [0.4, 0.5) is 5.69 Å². The summed E-state index contributed by atoms with van der Waals surface area (Å²) in [5, 5.41) is 7.59. The Balaban J connectivity index is 1.53. The number of carbonyl (C=O) groups excluding carboxylic acids is 1. The second kappa shape index (κ2) is 8.73. The minimum Gasteiger partial charge on any atom is -0.495 e. The third kappa shape index (κ3) is 5.00. The first-order valence-electron chi connectivity index (χ1n) is 9.21. The van der Waals surface area contributed by atoms with Crippen molar-refractivity contribution in [3.63, 3.8) is 0 Å². The van der Waals surface area contributed by atoms with Crippen LogP contribution in [0.5, 0.6) is 5.75 Å². The molecule has 0 bridgehead atoms. The number of aryl methyl sites for hydroxylation is 1. The maximum atomic E-state index is 12.7. The Labute approximate surface area is 164 Å². The standard InChI is InChI=1S/C19H25ClN4O3/c1-13-10-16(22-27-13)12-23-6-8-24(9-7-23)14(2)19(25)21-17-11-15(20)4-5-18(17)26-3/h4-5,10-11,14H,6-9,12H2,1-3H3,(H,21,25)/p+2/t14-/m1/s1. The van der Waals surface area contributed by atoms with Crippen molar-refractivity contribution in [2.24, 2.45) is 0 Å². The van der Waals surface area contributed by atoms with Gasteiger partial charge in [-0.05, 0) is 32.0 Å². The molecule has 1 aliphatic rings. The van der Waals surface area contributed by atoms with Gasteiger partial charge >= 0.3 is 0 Å². The molecular weight excluding hydrogens is 368 g/mol. The average molecular weight is 395 g/mol. The Kier molecular flexibility index (Phi) is 6.36. The number of ether oxygens (including phenoxy) is 1. The van der Waals surface area contributed by atoms with E-state index in [4.69, 9.17) is 20.9 Å². The summed E-state index contributed by atoms with van der Waals surface area (Å²) < 4.78 is 10.4. The summed E-state index contributed by atoms with van der Waals surface area (Å²) in [6.45, 7) is 8.61. The van der Waals surface area contributed by atoms with Crippen molar-refractivity contribution in [2.45, 2.75) is 26.4 Å². The van der Waals surface area contributed by atoms with Gasteiger partial charge in [-0.3, -0.25) is 4.79 Å². The fraction of sp³-hybridized carbons (Fsp3) is 0.474. The lowest BCUT2D eigenvalue weighted by atomic mass is 10.2. The van der Waals surface area contributed by atoms with Crippen LogP contribution in [-0.2, 0) is 11.3 Å². The summed E-state index contributed by atoms with van der Waals surface area (Å²) in [6, 6.07) is 7.04. The zero-order valence-electron chi connectivity index (χ0n) is 16.0. The third-order valence-corrected chi connectivity index (χ3v) is 5.37. The van der Waals surface area contributed by atoms with Crippen molar-refractivity contribution in [3.05, 3.63) is 40.7 Å². The quantitative estimate of drug-likeness (QED) is 0.642. The molecule has 1 aromatic carbocycles. The monoisotopic (exact) mass is 394 g/mol. The minimum absolute atomic E-state index is 0.0267. The zero-order valence-corrected chi connectivity index (χ0v) is 16.7. The number of nitrogens with zero attached hydrogens (tertiary/aromatic N) is 1. The van der Waals surface area contributed by atoms with Gasteiger partial charge in [-0.15, -0.1) is 0 Å². The summed E-state index contributed by atoms with van der Waals surface area (Å²) in [6.07, 6.45) is 0. The molecule has 0 saturated carbocycles. The van der Waals surface area contributed by atoms with Crippen molar-refractivity contribution in [3.8, 4) is 5.75 Å². The van der Waals surface area contributed by atoms with Crippen LogP contribution in [0.15, 0.2) is 28.8 Å². The Morgan fingerprint density at radius 2 is 2.07 bits per heavy atom. The van der Waals surface area contributed by atoms with Gasteiger partial charge in [0.25, 0.3) is 5.91 Å². The molecule has 1 aromatic heterocycles. The van der Waals surface area contributed by atoms with Gasteiger partial charge in [0.2, 0.25) is 0 Å². The van der Waals surface area contributed by atoms with Gasteiger partial charge in [-0.2, -0.15) is 0 Å². The Hall–Kier alpha value is -2.09. The molecule has 0 aliphatic carbocycles. The fourth-order valence-corrected chi connectivity index (χ4v) is 3.67. The summed E-state index contributed by atoms with van der Waals surface area (Å²) in [5.41, 5.74) is 1.59. The molecule has 1 atom stereocenters. The topological polar surface area (TPSA) is 73.2 Å². The summed E-state index contributed by atoms with van der Waals surface area (Å²) in [4.78, 5) is 15.5. The van der Waals surface area contributed by atoms with E-state index in [2.05, 4.69) is 10.5 Å². The third-order valence-electron chi connectivity index (χ3n) is 5.13. The van der Waals surface area contributed by atoms with E-state index in [1.807, 2.05) is 19.9 Å². The highest BCUT2D eigenvalue weighted by molar-refractivity contribution is 6.31. The van der Waals surface area contributed by atoms with Gasteiger partial charge in [0.05, 0.1) is 12.8 Å². The summed E-state index contributed by atoms with van der Waals surface area (Å²) in [7, 11) is 1.58. The number of hydrogen-bond donors (Lipinski definition) is 3. The molecule has 1 fully saturated rings. The number of carbonyl (C=O) groups is 1. The molecule has 2 heterocycles. The molecular formula is C19H27ClN4O3+2. The lowest BCUT2D eigenvalue weighted by Gasteiger charge is -2.32. The highest BCUT2D eigenvalue weighted by Crippen LogP contribution is 2.27. The van der Waals surface area contributed by atoms with E-state index in [0.717, 1.165) is 44.2 Å². The maximum Gasteiger partial charge on any atom is 0.282 e. The molecule has 146 valence electrons.